The molecule has 1 aromatic rings. The van der Waals surface area contributed by atoms with Gasteiger partial charge < -0.3 is 5.73 Å². The molecule has 4 nitrogen and oxygen atoms in total. The van der Waals surface area contributed by atoms with Crippen LogP contribution in [-0.2, 0) is 23.1 Å². The van der Waals surface area contributed by atoms with Crippen LogP contribution in [0.5, 0.6) is 0 Å². The minimum absolute atomic E-state index is 0.0165. The second-order valence-corrected chi connectivity index (χ2v) is 6.74. The lowest BCUT2D eigenvalue weighted by atomic mass is 10.0. The standard InChI is InChI=1S/C12H18N2O2S/c1-3-17(15,16)14-7-11-5-4-10(9(2)13)6-12(11)8-14/h4-6,9H,3,7-8,13H2,1-2H3. The Morgan fingerprint density at radius 1 is 1.35 bits per heavy atom. The first-order valence-electron chi connectivity index (χ1n) is 5.79. The van der Waals surface area contributed by atoms with Crippen molar-refractivity contribution in [1.82, 2.24) is 4.31 Å². The average molecular weight is 254 g/mol. The van der Waals surface area contributed by atoms with Crippen LogP contribution in [0.15, 0.2) is 18.2 Å². The molecule has 0 saturated heterocycles. The van der Waals surface area contributed by atoms with Crippen molar-refractivity contribution in [2.24, 2.45) is 5.73 Å². The number of hydrogen-bond acceptors (Lipinski definition) is 3. The Bertz CT molecular complexity index is 523. The molecule has 0 radical (unpaired) electrons. The van der Waals surface area contributed by atoms with Crippen LogP contribution in [0.3, 0.4) is 0 Å². The van der Waals surface area contributed by atoms with E-state index in [-0.39, 0.29) is 11.8 Å². The lowest BCUT2D eigenvalue weighted by molar-refractivity contribution is 0.432. The van der Waals surface area contributed by atoms with Crippen molar-refractivity contribution in [3.63, 3.8) is 0 Å². The topological polar surface area (TPSA) is 63.4 Å². The number of rotatable bonds is 3. The van der Waals surface area contributed by atoms with Gasteiger partial charge in [0.25, 0.3) is 0 Å². The molecule has 0 amide bonds. The zero-order chi connectivity index (χ0) is 12.6. The van der Waals surface area contributed by atoms with Crippen molar-refractivity contribution in [3.05, 3.63) is 34.9 Å². The number of hydrogen-bond donors (Lipinski definition) is 1. The molecule has 0 fully saturated rings. The quantitative estimate of drug-likeness (QED) is 0.886. The molecule has 1 heterocycles. The summed E-state index contributed by atoms with van der Waals surface area (Å²) in [4.78, 5) is 0. The Morgan fingerprint density at radius 3 is 2.59 bits per heavy atom. The highest BCUT2D eigenvalue weighted by atomic mass is 32.2. The van der Waals surface area contributed by atoms with Gasteiger partial charge in [-0.25, -0.2) is 8.42 Å². The molecule has 2 rings (SSSR count). The summed E-state index contributed by atoms with van der Waals surface area (Å²) in [5, 5.41) is 0. The van der Waals surface area contributed by atoms with E-state index in [9.17, 15) is 8.42 Å². The fraction of sp³-hybridized carbons (Fsp3) is 0.500. The summed E-state index contributed by atoms with van der Waals surface area (Å²) in [5.74, 6) is 0.154. The second kappa shape index (κ2) is 4.40. The molecule has 17 heavy (non-hydrogen) atoms. The van der Waals surface area contributed by atoms with E-state index in [4.69, 9.17) is 5.73 Å². The van der Waals surface area contributed by atoms with Crippen LogP contribution in [0.4, 0.5) is 0 Å². The summed E-state index contributed by atoms with van der Waals surface area (Å²) in [6, 6.07) is 5.97. The predicted molar refractivity (Wildman–Crippen MR) is 67.8 cm³/mol. The highest BCUT2D eigenvalue weighted by Gasteiger charge is 2.27. The van der Waals surface area contributed by atoms with Crippen LogP contribution in [0.2, 0.25) is 0 Å². The molecule has 1 aliphatic heterocycles. The molecule has 0 aliphatic carbocycles. The summed E-state index contributed by atoms with van der Waals surface area (Å²) in [5.41, 5.74) is 9.05. The lowest BCUT2D eigenvalue weighted by Crippen LogP contribution is -2.26. The average Bonchev–Trinajstić information content (AvgIpc) is 2.72. The molecule has 2 N–H and O–H groups in total. The van der Waals surface area contributed by atoms with E-state index in [1.807, 2.05) is 25.1 Å². The Hall–Kier alpha value is -0.910. The maximum Gasteiger partial charge on any atom is 0.214 e. The van der Waals surface area contributed by atoms with E-state index in [0.29, 0.717) is 13.1 Å². The Kier molecular flexibility index (Phi) is 3.25. The minimum Gasteiger partial charge on any atom is -0.324 e. The SMILES string of the molecule is CCS(=O)(=O)N1Cc2ccc(C(C)N)cc2C1. The predicted octanol–water partition coefficient (Wildman–Crippen LogP) is 1.37. The summed E-state index contributed by atoms with van der Waals surface area (Å²) < 4.78 is 25.1. The smallest absolute Gasteiger partial charge is 0.214 e. The van der Waals surface area contributed by atoms with Crippen molar-refractivity contribution in [2.45, 2.75) is 33.0 Å². The van der Waals surface area contributed by atoms with E-state index < -0.39 is 10.0 Å². The van der Waals surface area contributed by atoms with Crippen molar-refractivity contribution >= 4 is 10.0 Å². The number of nitrogens with two attached hydrogens (primary N) is 1. The van der Waals surface area contributed by atoms with Crippen molar-refractivity contribution in [1.29, 1.82) is 0 Å². The molecule has 0 saturated carbocycles. The van der Waals surface area contributed by atoms with E-state index in [2.05, 4.69) is 0 Å². The van der Waals surface area contributed by atoms with Crippen molar-refractivity contribution in [2.75, 3.05) is 5.75 Å². The molecule has 1 atom stereocenters. The molecule has 94 valence electrons. The monoisotopic (exact) mass is 254 g/mol. The molecular weight excluding hydrogens is 236 g/mol. The normalized spacial score (nSPS) is 18.1. The van der Waals surface area contributed by atoms with Crippen LogP contribution in [0, 0.1) is 0 Å². The summed E-state index contributed by atoms with van der Waals surface area (Å²) in [6.07, 6.45) is 0. The zero-order valence-corrected chi connectivity index (χ0v) is 11.0. The van der Waals surface area contributed by atoms with Gasteiger partial charge in [0.1, 0.15) is 0 Å². The molecule has 1 aliphatic rings. The zero-order valence-electron chi connectivity index (χ0n) is 10.2. The van der Waals surface area contributed by atoms with Gasteiger partial charge in [-0.2, -0.15) is 4.31 Å². The van der Waals surface area contributed by atoms with E-state index in [0.717, 1.165) is 16.7 Å². The van der Waals surface area contributed by atoms with E-state index >= 15 is 0 Å². The number of nitrogens with zero attached hydrogens (tertiary/aromatic N) is 1. The Morgan fingerprint density at radius 2 is 2.00 bits per heavy atom. The molecule has 0 spiro atoms. The fourth-order valence-corrected chi connectivity index (χ4v) is 3.08. The van der Waals surface area contributed by atoms with Gasteiger partial charge in [-0.05, 0) is 30.5 Å². The number of fused-ring (bicyclic) bond motifs is 1. The third kappa shape index (κ3) is 2.36. The van der Waals surface area contributed by atoms with Crippen LogP contribution in [0.25, 0.3) is 0 Å². The molecule has 1 unspecified atom stereocenters. The fourth-order valence-electron chi connectivity index (χ4n) is 2.05. The Labute approximate surface area is 102 Å². The molecular formula is C12H18N2O2S. The molecule has 5 heteroatoms. The third-order valence-corrected chi connectivity index (χ3v) is 4.98. The van der Waals surface area contributed by atoms with Gasteiger partial charge in [0.2, 0.25) is 10.0 Å². The maximum absolute atomic E-state index is 11.8. The van der Waals surface area contributed by atoms with Crippen LogP contribution >= 0.6 is 0 Å². The van der Waals surface area contributed by atoms with E-state index in [1.54, 1.807) is 6.92 Å². The number of sulfonamides is 1. The van der Waals surface area contributed by atoms with Gasteiger partial charge >= 0.3 is 0 Å². The van der Waals surface area contributed by atoms with E-state index in [1.165, 1.54) is 4.31 Å². The third-order valence-electron chi connectivity index (χ3n) is 3.21. The lowest BCUT2D eigenvalue weighted by Gasteiger charge is -2.13. The largest absolute Gasteiger partial charge is 0.324 e. The minimum atomic E-state index is -3.10. The highest BCUT2D eigenvalue weighted by Crippen LogP contribution is 2.27. The van der Waals surface area contributed by atoms with Gasteiger partial charge in [0.05, 0.1) is 5.75 Å². The van der Waals surface area contributed by atoms with Gasteiger partial charge in [-0.1, -0.05) is 18.2 Å². The van der Waals surface area contributed by atoms with Crippen molar-refractivity contribution in [3.8, 4) is 0 Å². The molecule has 1 aromatic carbocycles. The van der Waals surface area contributed by atoms with Gasteiger partial charge in [-0.3, -0.25) is 0 Å². The first kappa shape index (κ1) is 12.5. The van der Waals surface area contributed by atoms with Gasteiger partial charge in [-0.15, -0.1) is 0 Å². The van der Waals surface area contributed by atoms with Gasteiger partial charge in [0.15, 0.2) is 0 Å². The summed E-state index contributed by atoms with van der Waals surface area (Å²) in [7, 11) is -3.10. The highest BCUT2D eigenvalue weighted by molar-refractivity contribution is 7.89. The first-order chi connectivity index (χ1) is 7.94. The second-order valence-electron chi connectivity index (χ2n) is 4.49. The molecule has 0 bridgehead atoms. The van der Waals surface area contributed by atoms with Crippen LogP contribution < -0.4 is 5.73 Å². The molecule has 0 aromatic heterocycles. The Balaban J connectivity index is 2.28. The van der Waals surface area contributed by atoms with Crippen LogP contribution in [-0.4, -0.2) is 18.5 Å². The van der Waals surface area contributed by atoms with Gasteiger partial charge in [0, 0.05) is 19.1 Å². The van der Waals surface area contributed by atoms with Crippen molar-refractivity contribution < 1.29 is 8.42 Å². The number of benzene rings is 1. The van der Waals surface area contributed by atoms with Crippen LogP contribution in [0.1, 0.15) is 36.6 Å². The summed E-state index contributed by atoms with van der Waals surface area (Å²) in [6.45, 7) is 4.57. The first-order valence-corrected chi connectivity index (χ1v) is 7.40. The summed E-state index contributed by atoms with van der Waals surface area (Å²) >= 11 is 0. The maximum atomic E-state index is 11.8.